The minimum atomic E-state index is -4.37. The van der Waals surface area contributed by atoms with Crippen molar-refractivity contribution in [2.24, 2.45) is 0 Å². The Hall–Kier alpha value is -1.43. The standard InChI is InChI=1S/C34H62O9S/c1-3-5-7-9-11-13-15-17-21-38-23-25-40-27-29-42-33-20-19-32(44(35,36)37)31-34(33)43-30-28-41-26-24-39-22-18-16-14-12-10-8-6-4-2/h19-20,31H,3-18,21-30H2,1-2H3,(H,35,36,37). The summed E-state index contributed by atoms with van der Waals surface area (Å²) in [5, 5.41) is 0. The first kappa shape index (κ1) is 40.6. The quantitative estimate of drug-likeness (QED) is 0.0599. The van der Waals surface area contributed by atoms with Gasteiger partial charge in [0.1, 0.15) is 13.2 Å². The molecule has 258 valence electrons. The highest BCUT2D eigenvalue weighted by Gasteiger charge is 2.15. The Morgan fingerprint density at radius 2 is 0.841 bits per heavy atom. The van der Waals surface area contributed by atoms with E-state index >= 15 is 0 Å². The van der Waals surface area contributed by atoms with Crippen LogP contribution in [0.3, 0.4) is 0 Å². The highest BCUT2D eigenvalue weighted by atomic mass is 32.2. The van der Waals surface area contributed by atoms with Gasteiger partial charge < -0.3 is 28.4 Å². The molecule has 1 aromatic carbocycles. The summed E-state index contributed by atoms with van der Waals surface area (Å²) in [5.41, 5.74) is 0. The molecule has 0 aromatic heterocycles. The first-order valence-electron chi connectivity index (χ1n) is 17.2. The lowest BCUT2D eigenvalue weighted by Gasteiger charge is -2.14. The van der Waals surface area contributed by atoms with Gasteiger partial charge in [0.15, 0.2) is 11.5 Å². The molecule has 1 N–H and O–H groups in total. The average molecular weight is 647 g/mol. The van der Waals surface area contributed by atoms with Crippen LogP contribution in [0.15, 0.2) is 23.1 Å². The second-order valence-corrected chi connectivity index (χ2v) is 12.6. The molecular weight excluding hydrogens is 584 g/mol. The van der Waals surface area contributed by atoms with Crippen molar-refractivity contribution in [1.29, 1.82) is 0 Å². The van der Waals surface area contributed by atoms with Gasteiger partial charge in [-0.1, -0.05) is 104 Å². The number of hydrogen-bond donors (Lipinski definition) is 1. The third-order valence-corrected chi connectivity index (χ3v) is 8.06. The monoisotopic (exact) mass is 646 g/mol. The first-order chi connectivity index (χ1) is 21.5. The molecule has 0 unspecified atom stereocenters. The third kappa shape index (κ3) is 23.9. The summed E-state index contributed by atoms with van der Waals surface area (Å²) in [6, 6.07) is 3.99. The van der Waals surface area contributed by atoms with E-state index < -0.39 is 10.1 Å². The predicted molar refractivity (Wildman–Crippen MR) is 176 cm³/mol. The van der Waals surface area contributed by atoms with Crippen molar-refractivity contribution in [2.75, 3.05) is 66.1 Å². The zero-order valence-corrected chi connectivity index (χ0v) is 28.6. The maximum Gasteiger partial charge on any atom is 0.294 e. The molecule has 0 fully saturated rings. The maximum atomic E-state index is 11.6. The van der Waals surface area contributed by atoms with Crippen molar-refractivity contribution in [2.45, 2.75) is 121 Å². The fourth-order valence-electron chi connectivity index (χ4n) is 4.62. The van der Waals surface area contributed by atoms with Crippen molar-refractivity contribution in [1.82, 2.24) is 0 Å². The second-order valence-electron chi connectivity index (χ2n) is 11.2. The fraction of sp³-hybridized carbons (Fsp3) is 0.824. The van der Waals surface area contributed by atoms with Crippen molar-refractivity contribution >= 4 is 10.1 Å². The van der Waals surface area contributed by atoms with E-state index in [1.54, 1.807) is 0 Å². The SMILES string of the molecule is CCCCCCCCCCOCCOCCOc1ccc(S(=O)(=O)O)cc1OCCOCCOCCCCCCCCCC. The third-order valence-electron chi connectivity index (χ3n) is 7.21. The summed E-state index contributed by atoms with van der Waals surface area (Å²) in [6.07, 6.45) is 20.4. The topological polar surface area (TPSA) is 110 Å². The van der Waals surface area contributed by atoms with Gasteiger partial charge in [0.05, 0.1) is 44.5 Å². The van der Waals surface area contributed by atoms with Gasteiger partial charge in [-0.2, -0.15) is 8.42 Å². The molecule has 0 saturated carbocycles. The van der Waals surface area contributed by atoms with E-state index in [1.165, 1.54) is 108 Å². The Morgan fingerprint density at radius 3 is 1.27 bits per heavy atom. The van der Waals surface area contributed by atoms with E-state index in [0.717, 1.165) is 26.1 Å². The molecule has 0 amide bonds. The molecule has 9 nitrogen and oxygen atoms in total. The number of rotatable bonds is 33. The van der Waals surface area contributed by atoms with E-state index in [9.17, 15) is 13.0 Å². The summed E-state index contributed by atoms with van der Waals surface area (Å²) in [5.74, 6) is 0.573. The molecule has 0 heterocycles. The Morgan fingerprint density at radius 1 is 0.477 bits per heavy atom. The summed E-state index contributed by atoms with van der Waals surface area (Å²) >= 11 is 0. The van der Waals surface area contributed by atoms with Crippen LogP contribution >= 0.6 is 0 Å². The van der Waals surface area contributed by atoms with Crippen LogP contribution < -0.4 is 9.47 Å². The number of hydrogen-bond acceptors (Lipinski definition) is 8. The zero-order chi connectivity index (χ0) is 32.0. The van der Waals surface area contributed by atoms with Crippen LogP contribution in [0.1, 0.15) is 117 Å². The first-order valence-corrected chi connectivity index (χ1v) is 18.6. The molecule has 0 aliphatic heterocycles. The molecule has 0 aliphatic carbocycles. The van der Waals surface area contributed by atoms with Crippen molar-refractivity contribution in [3.05, 3.63) is 18.2 Å². The fourth-order valence-corrected chi connectivity index (χ4v) is 5.12. The molecule has 0 atom stereocenters. The summed E-state index contributed by atoms with van der Waals surface area (Å²) in [4.78, 5) is -0.264. The Kier molecular flexibility index (Phi) is 26.8. The lowest BCUT2D eigenvalue weighted by molar-refractivity contribution is 0.0320. The van der Waals surface area contributed by atoms with E-state index in [4.69, 9.17) is 28.4 Å². The van der Waals surface area contributed by atoms with Gasteiger partial charge in [0.25, 0.3) is 10.1 Å². The van der Waals surface area contributed by atoms with Crippen molar-refractivity contribution in [3.63, 3.8) is 0 Å². The molecule has 0 radical (unpaired) electrons. The Bertz CT molecular complexity index is 880. The molecule has 1 aromatic rings. The molecule has 0 aliphatic rings. The minimum Gasteiger partial charge on any atom is -0.487 e. The molecule has 0 saturated heterocycles. The van der Waals surface area contributed by atoms with Crippen LogP contribution in [0.5, 0.6) is 11.5 Å². The van der Waals surface area contributed by atoms with Crippen LogP contribution in [-0.4, -0.2) is 79.0 Å². The molecular formula is C34H62O9S. The highest BCUT2D eigenvalue weighted by molar-refractivity contribution is 7.85. The van der Waals surface area contributed by atoms with E-state index in [0.29, 0.717) is 45.4 Å². The smallest absolute Gasteiger partial charge is 0.294 e. The van der Waals surface area contributed by atoms with Crippen LogP contribution in [-0.2, 0) is 29.1 Å². The summed E-state index contributed by atoms with van der Waals surface area (Å²) in [7, 11) is -4.37. The second kappa shape index (κ2) is 29.0. The summed E-state index contributed by atoms with van der Waals surface area (Å²) < 4.78 is 66.6. The Balaban J connectivity index is 2.15. The molecule has 44 heavy (non-hydrogen) atoms. The molecule has 1 rings (SSSR count). The van der Waals surface area contributed by atoms with Crippen LogP contribution in [0.4, 0.5) is 0 Å². The lowest BCUT2D eigenvalue weighted by atomic mass is 10.1. The van der Waals surface area contributed by atoms with Crippen molar-refractivity contribution < 1.29 is 41.4 Å². The number of benzene rings is 1. The van der Waals surface area contributed by atoms with Gasteiger partial charge in [0.2, 0.25) is 0 Å². The van der Waals surface area contributed by atoms with Gasteiger partial charge >= 0.3 is 0 Å². The van der Waals surface area contributed by atoms with Gasteiger partial charge in [0, 0.05) is 19.3 Å². The minimum absolute atomic E-state index is 0.190. The molecule has 0 spiro atoms. The number of ether oxygens (including phenoxy) is 6. The molecule has 0 bridgehead atoms. The normalized spacial score (nSPS) is 11.7. The number of unbranched alkanes of at least 4 members (excludes halogenated alkanes) is 14. The molecule has 10 heteroatoms. The zero-order valence-electron chi connectivity index (χ0n) is 27.7. The summed E-state index contributed by atoms with van der Waals surface area (Å²) in [6.45, 7) is 9.07. The van der Waals surface area contributed by atoms with Crippen LogP contribution in [0, 0.1) is 0 Å². The maximum absolute atomic E-state index is 11.6. The van der Waals surface area contributed by atoms with E-state index in [1.807, 2.05) is 0 Å². The van der Waals surface area contributed by atoms with Gasteiger partial charge in [-0.15, -0.1) is 0 Å². The van der Waals surface area contributed by atoms with Crippen LogP contribution in [0.25, 0.3) is 0 Å². The van der Waals surface area contributed by atoms with Crippen molar-refractivity contribution in [3.8, 4) is 11.5 Å². The van der Waals surface area contributed by atoms with Crippen LogP contribution in [0.2, 0.25) is 0 Å². The predicted octanol–water partition coefficient (Wildman–Crippen LogP) is 8.04. The average Bonchev–Trinajstić information content (AvgIpc) is 3.01. The van der Waals surface area contributed by atoms with Gasteiger partial charge in [-0.05, 0) is 25.0 Å². The lowest BCUT2D eigenvalue weighted by Crippen LogP contribution is -2.13. The van der Waals surface area contributed by atoms with E-state index in [2.05, 4.69) is 13.8 Å². The van der Waals surface area contributed by atoms with E-state index in [-0.39, 0.29) is 23.9 Å². The van der Waals surface area contributed by atoms with Gasteiger partial charge in [-0.3, -0.25) is 4.55 Å². The highest BCUT2D eigenvalue weighted by Crippen LogP contribution is 2.30. The largest absolute Gasteiger partial charge is 0.487 e. The Labute approximate surface area is 268 Å². The van der Waals surface area contributed by atoms with Gasteiger partial charge in [-0.25, -0.2) is 0 Å².